The molecule has 0 radical (unpaired) electrons. The first-order chi connectivity index (χ1) is 13.6. The molecule has 0 bridgehead atoms. The summed E-state index contributed by atoms with van der Waals surface area (Å²) in [5, 5.41) is 18.2. The highest BCUT2D eigenvalue weighted by Crippen LogP contribution is 2.21. The highest BCUT2D eigenvalue weighted by molar-refractivity contribution is 7.99. The third kappa shape index (κ3) is 4.59. The molecule has 0 saturated carbocycles. The highest BCUT2D eigenvalue weighted by atomic mass is 32.2. The van der Waals surface area contributed by atoms with E-state index < -0.39 is 0 Å². The molecule has 0 saturated heterocycles. The van der Waals surface area contributed by atoms with Crippen molar-refractivity contribution in [1.82, 2.24) is 14.8 Å². The first-order valence-corrected chi connectivity index (χ1v) is 9.84. The molecule has 2 aromatic carbocycles. The van der Waals surface area contributed by atoms with Gasteiger partial charge in [-0.1, -0.05) is 36.0 Å². The quantitative estimate of drug-likeness (QED) is 0.429. The second-order valence-electron chi connectivity index (χ2n) is 6.07. The summed E-state index contributed by atoms with van der Waals surface area (Å²) in [5.74, 6) is 1.95. The second kappa shape index (κ2) is 9.20. The van der Waals surface area contributed by atoms with Gasteiger partial charge in [-0.25, -0.2) is 0 Å². The minimum absolute atomic E-state index is 0.00292. The van der Waals surface area contributed by atoms with Crippen LogP contribution in [0.2, 0.25) is 0 Å². The van der Waals surface area contributed by atoms with Crippen LogP contribution >= 0.6 is 11.8 Å². The molecule has 142 valence electrons. The minimum atomic E-state index is -0.00292. The lowest BCUT2D eigenvalue weighted by Crippen LogP contribution is -2.07. The van der Waals surface area contributed by atoms with E-state index in [0.717, 1.165) is 28.8 Å². The van der Waals surface area contributed by atoms with Gasteiger partial charge >= 0.3 is 0 Å². The van der Waals surface area contributed by atoms with Gasteiger partial charge in [0.05, 0.1) is 24.5 Å². The number of methoxy groups -OCH3 is 1. The SMILES string of the molecule is CCn1c(Cc2ccc(OC)cc2)nnc1SCC(=O)c1ccc(C#N)cc1. The van der Waals surface area contributed by atoms with E-state index in [-0.39, 0.29) is 11.5 Å². The smallest absolute Gasteiger partial charge is 0.191 e. The number of aromatic nitrogens is 3. The largest absolute Gasteiger partial charge is 0.497 e. The van der Waals surface area contributed by atoms with Crippen LogP contribution in [0.1, 0.15) is 34.2 Å². The molecule has 0 fully saturated rings. The molecule has 0 N–H and O–H groups in total. The maximum atomic E-state index is 12.4. The number of nitrogens with zero attached hydrogens (tertiary/aromatic N) is 4. The number of carbonyl (C=O) groups is 1. The van der Waals surface area contributed by atoms with Crippen molar-refractivity contribution in [3.8, 4) is 11.8 Å². The zero-order valence-corrected chi connectivity index (χ0v) is 16.6. The van der Waals surface area contributed by atoms with E-state index in [1.807, 2.05) is 41.8 Å². The Morgan fingerprint density at radius 2 is 1.86 bits per heavy atom. The number of thioether (sulfide) groups is 1. The van der Waals surface area contributed by atoms with E-state index in [4.69, 9.17) is 10.00 Å². The van der Waals surface area contributed by atoms with Crippen molar-refractivity contribution in [2.75, 3.05) is 12.9 Å². The molecule has 7 heteroatoms. The number of nitriles is 1. The van der Waals surface area contributed by atoms with Crippen LogP contribution in [0.3, 0.4) is 0 Å². The Morgan fingerprint density at radius 3 is 2.46 bits per heavy atom. The predicted octanol–water partition coefficient (Wildman–Crippen LogP) is 3.74. The van der Waals surface area contributed by atoms with Crippen LogP contribution < -0.4 is 4.74 Å². The van der Waals surface area contributed by atoms with Gasteiger partial charge < -0.3 is 9.30 Å². The van der Waals surface area contributed by atoms with Crippen molar-refractivity contribution in [1.29, 1.82) is 5.26 Å². The Kier molecular flexibility index (Phi) is 6.45. The van der Waals surface area contributed by atoms with Gasteiger partial charge in [0.25, 0.3) is 0 Å². The van der Waals surface area contributed by atoms with Crippen molar-refractivity contribution in [2.45, 2.75) is 25.0 Å². The zero-order valence-electron chi connectivity index (χ0n) is 15.8. The van der Waals surface area contributed by atoms with Gasteiger partial charge in [-0.2, -0.15) is 5.26 Å². The van der Waals surface area contributed by atoms with Crippen molar-refractivity contribution >= 4 is 17.5 Å². The van der Waals surface area contributed by atoms with Crippen LogP contribution in [0.25, 0.3) is 0 Å². The molecule has 0 aliphatic rings. The molecule has 0 atom stereocenters. The fourth-order valence-corrected chi connectivity index (χ4v) is 3.66. The number of carbonyl (C=O) groups excluding carboxylic acids is 1. The monoisotopic (exact) mass is 392 g/mol. The van der Waals surface area contributed by atoms with Crippen LogP contribution in [-0.4, -0.2) is 33.4 Å². The summed E-state index contributed by atoms with van der Waals surface area (Å²) in [4.78, 5) is 12.4. The maximum absolute atomic E-state index is 12.4. The van der Waals surface area contributed by atoms with E-state index >= 15 is 0 Å². The van der Waals surface area contributed by atoms with E-state index in [1.54, 1.807) is 31.4 Å². The third-order valence-electron chi connectivity index (χ3n) is 4.30. The van der Waals surface area contributed by atoms with E-state index in [1.165, 1.54) is 11.8 Å². The van der Waals surface area contributed by atoms with Gasteiger partial charge in [0, 0.05) is 18.5 Å². The predicted molar refractivity (Wildman–Crippen MR) is 108 cm³/mol. The first kappa shape index (κ1) is 19.6. The molecule has 1 aromatic heterocycles. The van der Waals surface area contributed by atoms with E-state index in [0.29, 0.717) is 17.5 Å². The molecule has 0 unspecified atom stereocenters. The van der Waals surface area contributed by atoms with Gasteiger partial charge in [-0.15, -0.1) is 10.2 Å². The molecule has 3 rings (SSSR count). The summed E-state index contributed by atoms with van der Waals surface area (Å²) >= 11 is 1.38. The fourth-order valence-electron chi connectivity index (χ4n) is 2.74. The lowest BCUT2D eigenvalue weighted by atomic mass is 10.1. The number of Topliss-reactive ketones (excluding diaryl/α,β-unsaturated/α-hetero) is 1. The second-order valence-corrected chi connectivity index (χ2v) is 7.01. The van der Waals surface area contributed by atoms with Crippen LogP contribution in [0.4, 0.5) is 0 Å². The number of hydrogen-bond acceptors (Lipinski definition) is 6. The summed E-state index contributed by atoms with van der Waals surface area (Å²) in [6.45, 7) is 2.76. The van der Waals surface area contributed by atoms with Crippen molar-refractivity contribution in [3.05, 3.63) is 71.0 Å². The molecular formula is C21H20N4O2S. The van der Waals surface area contributed by atoms with E-state index in [9.17, 15) is 4.79 Å². The average molecular weight is 392 g/mol. The van der Waals surface area contributed by atoms with Gasteiger partial charge in [-0.3, -0.25) is 4.79 Å². The van der Waals surface area contributed by atoms with Gasteiger partial charge in [-0.05, 0) is 36.8 Å². The molecule has 0 amide bonds. The molecular weight excluding hydrogens is 372 g/mol. The van der Waals surface area contributed by atoms with Crippen molar-refractivity contribution < 1.29 is 9.53 Å². The molecule has 28 heavy (non-hydrogen) atoms. The molecule has 0 aliphatic carbocycles. The number of ketones is 1. The molecule has 6 nitrogen and oxygen atoms in total. The Labute approximate surface area is 168 Å². The third-order valence-corrected chi connectivity index (χ3v) is 5.27. The van der Waals surface area contributed by atoms with Crippen LogP contribution in [0, 0.1) is 11.3 Å². The Hall–Kier alpha value is -3.11. The summed E-state index contributed by atoms with van der Waals surface area (Å²) in [6, 6.07) is 16.6. The number of benzene rings is 2. The molecule has 0 spiro atoms. The van der Waals surface area contributed by atoms with Gasteiger partial charge in [0.1, 0.15) is 11.6 Å². The first-order valence-electron chi connectivity index (χ1n) is 8.85. The summed E-state index contributed by atoms with van der Waals surface area (Å²) in [7, 11) is 1.64. The van der Waals surface area contributed by atoms with Crippen LogP contribution in [0.15, 0.2) is 53.7 Å². The van der Waals surface area contributed by atoms with Gasteiger partial charge in [0.2, 0.25) is 0 Å². The standard InChI is InChI=1S/C21H20N4O2S/c1-3-25-20(12-15-6-10-18(27-2)11-7-15)23-24-21(25)28-14-19(26)17-8-4-16(13-22)5-9-17/h4-11H,3,12,14H2,1-2H3. The normalized spacial score (nSPS) is 10.5. The molecule has 3 aromatic rings. The van der Waals surface area contributed by atoms with E-state index in [2.05, 4.69) is 10.2 Å². The lowest BCUT2D eigenvalue weighted by molar-refractivity contribution is 0.102. The fraction of sp³-hybridized carbons (Fsp3) is 0.238. The number of hydrogen-bond donors (Lipinski definition) is 0. The zero-order chi connectivity index (χ0) is 19.9. The summed E-state index contributed by atoms with van der Waals surface area (Å²) in [6.07, 6.45) is 0.662. The van der Waals surface area contributed by atoms with Crippen molar-refractivity contribution in [2.24, 2.45) is 0 Å². The van der Waals surface area contributed by atoms with Crippen LogP contribution in [0.5, 0.6) is 5.75 Å². The van der Waals surface area contributed by atoms with Gasteiger partial charge in [0.15, 0.2) is 10.9 Å². The maximum Gasteiger partial charge on any atom is 0.191 e. The average Bonchev–Trinajstić information content (AvgIpc) is 3.14. The Bertz CT molecular complexity index is 989. The Morgan fingerprint density at radius 1 is 1.14 bits per heavy atom. The highest BCUT2D eigenvalue weighted by Gasteiger charge is 2.14. The number of rotatable bonds is 8. The van der Waals surface area contributed by atoms with Crippen molar-refractivity contribution in [3.63, 3.8) is 0 Å². The Balaban J connectivity index is 1.67. The minimum Gasteiger partial charge on any atom is -0.497 e. The molecule has 1 heterocycles. The molecule has 0 aliphatic heterocycles. The number of ether oxygens (including phenoxy) is 1. The van der Waals surface area contributed by atoms with Crippen LogP contribution in [-0.2, 0) is 13.0 Å². The summed E-state index contributed by atoms with van der Waals surface area (Å²) < 4.78 is 7.22. The summed E-state index contributed by atoms with van der Waals surface area (Å²) in [5.41, 5.74) is 2.25. The lowest BCUT2D eigenvalue weighted by Gasteiger charge is -2.08. The topological polar surface area (TPSA) is 80.8 Å².